The van der Waals surface area contributed by atoms with E-state index in [2.05, 4.69) is 13.2 Å². The largest absolute Gasteiger partial charge is 0.420 e. The predicted molar refractivity (Wildman–Crippen MR) is 55.4 cm³/mol. The molecule has 3 nitrogen and oxygen atoms in total. The van der Waals surface area contributed by atoms with Crippen LogP contribution < -0.4 is 0 Å². The first-order valence-corrected chi connectivity index (χ1v) is 10.1. The minimum absolute atomic E-state index is 1.46. The van der Waals surface area contributed by atoms with Crippen LogP contribution in [0.25, 0.3) is 0 Å². The quantitative estimate of drug-likeness (QED) is 0.637. The summed E-state index contributed by atoms with van der Waals surface area (Å²) in [7, 11) is -5.14. The Hall–Kier alpha value is 0.0106. The third-order valence-electron chi connectivity index (χ3n) is 1.65. The summed E-state index contributed by atoms with van der Waals surface area (Å²) in [5.74, 6) is 0. The van der Waals surface area contributed by atoms with Crippen molar-refractivity contribution in [1.29, 1.82) is 0 Å². The Kier molecular flexibility index (Phi) is 3.21. The van der Waals surface area contributed by atoms with E-state index < -0.39 is 27.1 Å². The zero-order valence-corrected chi connectivity index (χ0v) is 10.8. The van der Waals surface area contributed by atoms with Gasteiger partial charge in [0.25, 0.3) is 0 Å². The van der Waals surface area contributed by atoms with Crippen molar-refractivity contribution < 1.29 is 12.3 Å². The summed E-state index contributed by atoms with van der Waals surface area (Å²) < 4.78 is 16.9. The minimum Gasteiger partial charge on any atom is -0.420 e. The molecule has 1 aliphatic rings. The van der Waals surface area contributed by atoms with Gasteiger partial charge in [-0.05, 0) is 24.5 Å². The molecular weight excluding hydrogens is 204 g/mol. The van der Waals surface area contributed by atoms with E-state index in [0.717, 1.165) is 0 Å². The lowest BCUT2D eigenvalue weighted by molar-refractivity contribution is 0.283. The maximum Gasteiger partial charge on any atom is 0.373 e. The van der Waals surface area contributed by atoms with Gasteiger partial charge in [-0.15, -0.1) is 13.2 Å². The second-order valence-electron chi connectivity index (χ2n) is 2.64. The Labute approximate surface area is 77.6 Å². The molecule has 0 aliphatic carbocycles. The summed E-state index contributed by atoms with van der Waals surface area (Å²) in [4.78, 5) is 0. The number of hydrogen-bond donors (Lipinski definition) is 0. The van der Waals surface area contributed by atoms with E-state index in [9.17, 15) is 0 Å². The molecule has 0 radical (unpaired) electrons. The Bertz CT molecular complexity index is 176. The van der Waals surface area contributed by atoms with Crippen molar-refractivity contribution in [2.45, 2.75) is 13.1 Å². The molecule has 6 heteroatoms. The third-order valence-corrected chi connectivity index (χ3v) is 11.5. The molecule has 0 aromatic rings. The van der Waals surface area contributed by atoms with Gasteiger partial charge in [-0.3, -0.25) is 0 Å². The molecule has 0 N–H and O–H groups in total. The highest BCUT2D eigenvalue weighted by Crippen LogP contribution is 2.19. The standard InChI is InChI=1S/C6H14O3Si3/c1-5-12(6-2)8-10(3)7-11(4)9-12/h5-6,10-11H,1-2H2,3-4H3. The van der Waals surface area contributed by atoms with Gasteiger partial charge >= 0.3 is 27.1 Å². The normalized spacial score (nSPS) is 34.2. The first-order chi connectivity index (χ1) is 5.62. The molecule has 0 aromatic heterocycles. The fourth-order valence-corrected chi connectivity index (χ4v) is 11.3. The zero-order chi connectivity index (χ0) is 9.19. The van der Waals surface area contributed by atoms with Crippen LogP contribution >= 0.6 is 0 Å². The number of rotatable bonds is 2. The summed E-state index contributed by atoms with van der Waals surface area (Å²) in [6.07, 6.45) is 0. The smallest absolute Gasteiger partial charge is 0.373 e. The van der Waals surface area contributed by atoms with Crippen LogP contribution in [0.15, 0.2) is 24.6 Å². The van der Waals surface area contributed by atoms with Gasteiger partial charge in [-0.25, -0.2) is 0 Å². The van der Waals surface area contributed by atoms with E-state index in [1.165, 1.54) is 0 Å². The molecule has 68 valence electrons. The van der Waals surface area contributed by atoms with E-state index in [4.69, 9.17) is 12.3 Å². The number of hydrogen-bond acceptors (Lipinski definition) is 3. The molecular formula is C6H14O3Si3. The summed E-state index contributed by atoms with van der Waals surface area (Å²) in [5.41, 5.74) is 3.55. The molecule has 1 heterocycles. The van der Waals surface area contributed by atoms with E-state index in [-0.39, 0.29) is 0 Å². The van der Waals surface area contributed by atoms with E-state index in [1.807, 2.05) is 13.1 Å². The average Bonchev–Trinajstić information content (AvgIpc) is 2.02. The summed E-state index contributed by atoms with van der Waals surface area (Å²) in [6, 6.07) is 0. The molecule has 1 saturated heterocycles. The predicted octanol–water partition coefficient (Wildman–Crippen LogP) is 0.643. The van der Waals surface area contributed by atoms with Crippen LogP contribution in [0.2, 0.25) is 13.1 Å². The van der Waals surface area contributed by atoms with Gasteiger partial charge in [0.2, 0.25) is 0 Å². The second-order valence-corrected chi connectivity index (χ2v) is 10.1. The maximum atomic E-state index is 5.67. The Morgan fingerprint density at radius 2 is 1.50 bits per heavy atom. The lowest BCUT2D eigenvalue weighted by atomic mass is 11.2. The van der Waals surface area contributed by atoms with Gasteiger partial charge in [0, 0.05) is 0 Å². The maximum absolute atomic E-state index is 5.67. The molecule has 0 amide bonds. The second kappa shape index (κ2) is 3.81. The summed E-state index contributed by atoms with van der Waals surface area (Å²) >= 11 is 0. The van der Waals surface area contributed by atoms with Gasteiger partial charge in [0.1, 0.15) is 0 Å². The monoisotopic (exact) mass is 218 g/mol. The highest BCUT2D eigenvalue weighted by molar-refractivity contribution is 6.89. The summed E-state index contributed by atoms with van der Waals surface area (Å²) in [5, 5.41) is 0. The van der Waals surface area contributed by atoms with Gasteiger partial charge in [0.15, 0.2) is 0 Å². The Balaban J connectivity index is 2.75. The lowest BCUT2D eigenvalue weighted by Crippen LogP contribution is -2.54. The van der Waals surface area contributed by atoms with Gasteiger partial charge in [-0.1, -0.05) is 0 Å². The van der Waals surface area contributed by atoms with Gasteiger partial charge in [-0.2, -0.15) is 0 Å². The van der Waals surface area contributed by atoms with Crippen molar-refractivity contribution in [1.82, 2.24) is 0 Å². The molecule has 1 aliphatic heterocycles. The molecule has 0 aromatic carbocycles. The van der Waals surface area contributed by atoms with Crippen molar-refractivity contribution in [3.05, 3.63) is 24.6 Å². The summed E-state index contributed by atoms with van der Waals surface area (Å²) in [6.45, 7) is 11.5. The minimum atomic E-state index is -2.23. The highest BCUT2D eigenvalue weighted by Gasteiger charge is 2.40. The van der Waals surface area contributed by atoms with Crippen LogP contribution in [0, 0.1) is 0 Å². The fourth-order valence-electron chi connectivity index (χ4n) is 1.15. The lowest BCUT2D eigenvalue weighted by Gasteiger charge is -2.36. The van der Waals surface area contributed by atoms with Crippen LogP contribution in [0.5, 0.6) is 0 Å². The first-order valence-electron chi connectivity index (χ1n) is 3.90. The molecule has 1 rings (SSSR count). The van der Waals surface area contributed by atoms with Crippen LogP contribution in [-0.4, -0.2) is 27.1 Å². The molecule has 1 fully saturated rings. The van der Waals surface area contributed by atoms with E-state index in [0.29, 0.717) is 0 Å². The van der Waals surface area contributed by atoms with E-state index >= 15 is 0 Å². The molecule has 2 atom stereocenters. The Morgan fingerprint density at radius 1 is 1.08 bits per heavy atom. The van der Waals surface area contributed by atoms with Crippen LogP contribution in [0.3, 0.4) is 0 Å². The van der Waals surface area contributed by atoms with Crippen LogP contribution in [0.1, 0.15) is 0 Å². The highest BCUT2D eigenvalue weighted by atomic mass is 28.5. The fraction of sp³-hybridized carbons (Fsp3) is 0.333. The van der Waals surface area contributed by atoms with E-state index in [1.54, 1.807) is 11.4 Å². The Morgan fingerprint density at radius 3 is 1.83 bits per heavy atom. The zero-order valence-electron chi connectivity index (χ0n) is 7.45. The van der Waals surface area contributed by atoms with Crippen molar-refractivity contribution >= 4 is 27.1 Å². The first kappa shape index (κ1) is 10.1. The van der Waals surface area contributed by atoms with Crippen molar-refractivity contribution in [2.75, 3.05) is 0 Å². The average molecular weight is 218 g/mol. The van der Waals surface area contributed by atoms with Crippen molar-refractivity contribution in [3.63, 3.8) is 0 Å². The van der Waals surface area contributed by atoms with Crippen LogP contribution in [0.4, 0.5) is 0 Å². The third kappa shape index (κ3) is 2.03. The SMILES string of the molecule is C=C[Si]1(C=C)O[SiH](C)O[SiH](C)O1. The molecule has 0 spiro atoms. The molecule has 12 heavy (non-hydrogen) atoms. The molecule has 0 bridgehead atoms. The van der Waals surface area contributed by atoms with Gasteiger partial charge < -0.3 is 12.3 Å². The van der Waals surface area contributed by atoms with Crippen LogP contribution in [-0.2, 0) is 12.3 Å². The topological polar surface area (TPSA) is 27.7 Å². The molecule has 2 unspecified atom stereocenters. The molecule has 0 saturated carbocycles. The van der Waals surface area contributed by atoms with Crippen molar-refractivity contribution in [3.8, 4) is 0 Å². The van der Waals surface area contributed by atoms with Gasteiger partial charge in [0.05, 0.1) is 0 Å². The van der Waals surface area contributed by atoms with Crippen molar-refractivity contribution in [2.24, 2.45) is 0 Å².